The van der Waals surface area contributed by atoms with Crippen LogP contribution in [0.25, 0.3) is 10.9 Å². The van der Waals surface area contributed by atoms with Crippen LogP contribution in [0.1, 0.15) is 12.5 Å². The van der Waals surface area contributed by atoms with Crippen molar-refractivity contribution >= 4 is 32.7 Å². The van der Waals surface area contributed by atoms with Gasteiger partial charge in [-0.1, -0.05) is 6.92 Å². The first kappa shape index (κ1) is 10.4. The molecule has 2 nitrogen and oxygen atoms in total. The molecular formula is C11H10BrFN2. The number of pyridine rings is 1. The molecule has 0 fully saturated rings. The predicted octanol–water partition coefficient (Wildman–Crippen LogP) is 3.28. The second kappa shape index (κ2) is 3.77. The lowest BCUT2D eigenvalue weighted by molar-refractivity contribution is 0.629. The number of benzene rings is 1. The molecule has 0 unspecified atom stereocenters. The van der Waals surface area contributed by atoms with Crippen LogP contribution < -0.4 is 5.73 Å². The first-order chi connectivity index (χ1) is 7.11. The zero-order valence-corrected chi connectivity index (χ0v) is 9.81. The van der Waals surface area contributed by atoms with Gasteiger partial charge in [-0.05, 0) is 46.1 Å². The van der Waals surface area contributed by atoms with Gasteiger partial charge in [0.2, 0.25) is 0 Å². The van der Waals surface area contributed by atoms with Crippen molar-refractivity contribution in [2.45, 2.75) is 13.3 Å². The van der Waals surface area contributed by atoms with E-state index < -0.39 is 0 Å². The lowest BCUT2D eigenvalue weighted by atomic mass is 10.1. The second-order valence-corrected chi connectivity index (χ2v) is 4.20. The number of aryl methyl sites for hydroxylation is 1. The molecule has 0 bridgehead atoms. The Morgan fingerprint density at radius 3 is 2.80 bits per heavy atom. The Hall–Kier alpha value is -1.16. The predicted molar refractivity (Wildman–Crippen MR) is 63.2 cm³/mol. The molecule has 1 aromatic carbocycles. The summed E-state index contributed by atoms with van der Waals surface area (Å²) in [5, 5.41) is 0.771. The zero-order valence-electron chi connectivity index (χ0n) is 8.22. The van der Waals surface area contributed by atoms with Crippen molar-refractivity contribution in [3.05, 3.63) is 34.1 Å². The van der Waals surface area contributed by atoms with Gasteiger partial charge >= 0.3 is 0 Å². The molecule has 0 spiro atoms. The van der Waals surface area contributed by atoms with Gasteiger partial charge in [0.1, 0.15) is 11.6 Å². The first-order valence-electron chi connectivity index (χ1n) is 4.66. The van der Waals surface area contributed by atoms with E-state index in [1.165, 1.54) is 12.1 Å². The Balaban J connectivity index is 2.81. The van der Waals surface area contributed by atoms with E-state index in [4.69, 9.17) is 5.73 Å². The van der Waals surface area contributed by atoms with Gasteiger partial charge in [0, 0.05) is 9.86 Å². The monoisotopic (exact) mass is 268 g/mol. The van der Waals surface area contributed by atoms with E-state index in [0.717, 1.165) is 17.4 Å². The summed E-state index contributed by atoms with van der Waals surface area (Å²) < 4.78 is 13.8. The summed E-state index contributed by atoms with van der Waals surface area (Å²) in [5.74, 6) is 0.236. The van der Waals surface area contributed by atoms with Gasteiger partial charge in [0.25, 0.3) is 0 Å². The lowest BCUT2D eigenvalue weighted by Crippen LogP contribution is -1.97. The third-order valence-electron chi connectivity index (χ3n) is 2.33. The number of rotatable bonds is 1. The summed E-state index contributed by atoms with van der Waals surface area (Å²) in [6.07, 6.45) is 0.795. The zero-order chi connectivity index (χ0) is 11.0. The molecule has 0 aliphatic rings. The van der Waals surface area contributed by atoms with Gasteiger partial charge in [-0.15, -0.1) is 0 Å². The van der Waals surface area contributed by atoms with Crippen molar-refractivity contribution in [2.75, 3.05) is 5.73 Å². The minimum atomic E-state index is -0.275. The van der Waals surface area contributed by atoms with E-state index in [9.17, 15) is 4.39 Å². The second-order valence-electron chi connectivity index (χ2n) is 3.35. The summed E-state index contributed by atoms with van der Waals surface area (Å²) in [4.78, 5) is 4.25. The van der Waals surface area contributed by atoms with Crippen LogP contribution in [0.3, 0.4) is 0 Å². The fourth-order valence-corrected chi connectivity index (χ4v) is 2.09. The number of hydrogen-bond acceptors (Lipinski definition) is 2. The van der Waals surface area contributed by atoms with Gasteiger partial charge < -0.3 is 5.73 Å². The van der Waals surface area contributed by atoms with Gasteiger partial charge in [-0.2, -0.15) is 0 Å². The van der Waals surface area contributed by atoms with E-state index >= 15 is 0 Å². The van der Waals surface area contributed by atoms with Gasteiger partial charge in [-0.3, -0.25) is 0 Å². The maximum absolute atomic E-state index is 13.1. The molecule has 2 N–H and O–H groups in total. The van der Waals surface area contributed by atoms with Gasteiger partial charge in [-0.25, -0.2) is 9.37 Å². The largest absolute Gasteiger partial charge is 0.383 e. The van der Waals surface area contributed by atoms with Crippen LogP contribution in [0, 0.1) is 5.82 Å². The van der Waals surface area contributed by atoms with Crippen molar-refractivity contribution in [1.29, 1.82) is 0 Å². The average Bonchev–Trinajstić information content (AvgIpc) is 2.18. The van der Waals surface area contributed by atoms with Crippen molar-refractivity contribution in [3.8, 4) is 0 Å². The molecule has 1 heterocycles. The minimum Gasteiger partial charge on any atom is -0.383 e. The average molecular weight is 269 g/mol. The molecule has 1 aromatic heterocycles. The molecule has 0 radical (unpaired) electrons. The molecule has 2 aromatic rings. The quantitative estimate of drug-likeness (QED) is 0.862. The first-order valence-corrected chi connectivity index (χ1v) is 5.45. The number of hydrogen-bond donors (Lipinski definition) is 1. The Morgan fingerprint density at radius 2 is 2.13 bits per heavy atom. The van der Waals surface area contributed by atoms with Crippen LogP contribution in [0.4, 0.5) is 10.2 Å². The van der Waals surface area contributed by atoms with Crippen molar-refractivity contribution in [1.82, 2.24) is 4.98 Å². The maximum Gasteiger partial charge on any atom is 0.127 e. The summed E-state index contributed by atoms with van der Waals surface area (Å²) >= 11 is 3.27. The standard InChI is InChI=1S/C11H10BrFN2/c1-2-6-3-7-4-8(13)5-9(12)10(7)15-11(6)14/h3-5H,2H2,1H3,(H2,14,15). The minimum absolute atomic E-state index is 0.275. The SMILES string of the molecule is CCc1cc2cc(F)cc(Br)c2nc1N. The van der Waals surface area contributed by atoms with Crippen LogP contribution in [0.5, 0.6) is 0 Å². The number of halogens is 2. The lowest BCUT2D eigenvalue weighted by Gasteiger charge is -2.06. The van der Waals surface area contributed by atoms with Crippen LogP contribution >= 0.6 is 15.9 Å². The molecule has 0 saturated carbocycles. The van der Waals surface area contributed by atoms with E-state index in [0.29, 0.717) is 15.8 Å². The molecular weight excluding hydrogens is 259 g/mol. The molecule has 0 aliphatic heterocycles. The molecule has 0 amide bonds. The van der Waals surface area contributed by atoms with Crippen molar-refractivity contribution < 1.29 is 4.39 Å². The van der Waals surface area contributed by atoms with Crippen LogP contribution in [-0.4, -0.2) is 4.98 Å². The summed E-state index contributed by atoms with van der Waals surface area (Å²) in [5.41, 5.74) is 7.42. The normalized spacial score (nSPS) is 10.9. The molecule has 78 valence electrons. The maximum atomic E-state index is 13.1. The van der Waals surface area contributed by atoms with Crippen LogP contribution in [0.2, 0.25) is 0 Å². The number of nitrogen functional groups attached to an aromatic ring is 1. The number of aromatic nitrogens is 1. The highest BCUT2D eigenvalue weighted by atomic mass is 79.9. The Labute approximate surface area is 95.4 Å². The molecule has 0 aliphatic carbocycles. The molecule has 15 heavy (non-hydrogen) atoms. The Morgan fingerprint density at radius 1 is 1.40 bits per heavy atom. The molecule has 4 heteroatoms. The highest BCUT2D eigenvalue weighted by Gasteiger charge is 2.07. The summed E-state index contributed by atoms with van der Waals surface area (Å²) in [7, 11) is 0. The summed E-state index contributed by atoms with van der Waals surface area (Å²) in [6, 6.07) is 4.73. The van der Waals surface area contributed by atoms with E-state index in [1.807, 2.05) is 13.0 Å². The van der Waals surface area contributed by atoms with Crippen molar-refractivity contribution in [3.63, 3.8) is 0 Å². The topological polar surface area (TPSA) is 38.9 Å². The molecule has 2 rings (SSSR count). The van der Waals surface area contributed by atoms with Crippen LogP contribution in [0.15, 0.2) is 22.7 Å². The third-order valence-corrected chi connectivity index (χ3v) is 2.93. The molecule has 0 atom stereocenters. The van der Waals surface area contributed by atoms with Crippen LogP contribution in [-0.2, 0) is 6.42 Å². The van der Waals surface area contributed by atoms with Gasteiger partial charge in [0.15, 0.2) is 0 Å². The molecule has 0 saturated heterocycles. The smallest absolute Gasteiger partial charge is 0.127 e. The Bertz CT molecular complexity index is 525. The number of fused-ring (bicyclic) bond motifs is 1. The van der Waals surface area contributed by atoms with Crippen molar-refractivity contribution in [2.24, 2.45) is 0 Å². The van der Waals surface area contributed by atoms with E-state index in [1.54, 1.807) is 0 Å². The summed E-state index contributed by atoms with van der Waals surface area (Å²) in [6.45, 7) is 1.99. The third kappa shape index (κ3) is 1.81. The highest BCUT2D eigenvalue weighted by Crippen LogP contribution is 2.26. The van der Waals surface area contributed by atoms with E-state index in [-0.39, 0.29) is 5.82 Å². The number of nitrogens with two attached hydrogens (primary N) is 1. The fourth-order valence-electron chi connectivity index (χ4n) is 1.55. The number of nitrogens with zero attached hydrogens (tertiary/aromatic N) is 1. The number of anilines is 1. The Kier molecular flexibility index (Phi) is 2.61. The highest BCUT2D eigenvalue weighted by molar-refractivity contribution is 9.10. The van der Waals surface area contributed by atoms with Gasteiger partial charge in [0.05, 0.1) is 5.52 Å². The van der Waals surface area contributed by atoms with E-state index in [2.05, 4.69) is 20.9 Å². The fraction of sp³-hybridized carbons (Fsp3) is 0.182.